The van der Waals surface area contributed by atoms with Crippen molar-refractivity contribution in [2.75, 3.05) is 13.7 Å². The number of rotatable bonds is 4. The first-order chi connectivity index (χ1) is 5.87. The Hall–Kier alpha value is -1.35. The average Bonchev–Trinajstić information content (AvgIpc) is 2.00. The van der Waals surface area contributed by atoms with Crippen LogP contribution in [0, 0.1) is 5.41 Å². The number of methoxy groups -OCH3 is 1. The number of amidine groups is 1. The van der Waals surface area contributed by atoms with Crippen molar-refractivity contribution in [2.45, 2.75) is 0 Å². The number of ether oxygens (including phenoxy) is 1. The summed E-state index contributed by atoms with van der Waals surface area (Å²) < 4.78 is 29.0. The van der Waals surface area contributed by atoms with Crippen molar-refractivity contribution in [3.05, 3.63) is 0 Å². The van der Waals surface area contributed by atoms with E-state index in [-0.39, 0.29) is 12.4 Å². The second-order valence-electron chi connectivity index (χ2n) is 1.94. The molecule has 0 saturated carbocycles. The van der Waals surface area contributed by atoms with Gasteiger partial charge < -0.3 is 10.5 Å². The standard InChI is InChI=1S/C4H10N4O4S/c1-12-4(9)8-13(10,11)7-2-3(5)6/h7H,2H2,1H3,(H3,5,6)(H,8,9). The summed E-state index contributed by atoms with van der Waals surface area (Å²) in [7, 11) is -2.96. The van der Waals surface area contributed by atoms with Crippen molar-refractivity contribution in [3.8, 4) is 0 Å². The zero-order valence-corrected chi connectivity index (χ0v) is 7.64. The molecule has 1 amide bonds. The number of amides is 1. The fraction of sp³-hybridized carbons (Fsp3) is 0.500. The summed E-state index contributed by atoms with van der Waals surface area (Å²) >= 11 is 0. The van der Waals surface area contributed by atoms with Crippen LogP contribution in [0.1, 0.15) is 0 Å². The first-order valence-corrected chi connectivity index (χ1v) is 4.54. The monoisotopic (exact) mass is 210 g/mol. The quantitative estimate of drug-likeness (QED) is 0.318. The topological polar surface area (TPSA) is 134 Å². The van der Waals surface area contributed by atoms with Crippen molar-refractivity contribution in [1.82, 2.24) is 9.44 Å². The van der Waals surface area contributed by atoms with Crippen LogP contribution < -0.4 is 15.2 Å². The lowest BCUT2D eigenvalue weighted by atomic mass is 10.6. The lowest BCUT2D eigenvalue weighted by Crippen LogP contribution is -2.43. The van der Waals surface area contributed by atoms with Gasteiger partial charge in [0, 0.05) is 0 Å². The molecule has 0 aromatic rings. The van der Waals surface area contributed by atoms with Crippen molar-refractivity contribution >= 4 is 22.1 Å². The van der Waals surface area contributed by atoms with E-state index in [0.29, 0.717) is 0 Å². The fourth-order valence-corrected chi connectivity index (χ4v) is 1.08. The molecule has 0 aliphatic rings. The van der Waals surface area contributed by atoms with Gasteiger partial charge in [0.2, 0.25) is 0 Å². The van der Waals surface area contributed by atoms with Crippen LogP contribution in [0.25, 0.3) is 0 Å². The molecule has 0 fully saturated rings. The van der Waals surface area contributed by atoms with Crippen LogP contribution in [-0.4, -0.2) is 34.0 Å². The molecule has 8 nitrogen and oxygen atoms in total. The van der Waals surface area contributed by atoms with Crippen LogP contribution in [0.2, 0.25) is 0 Å². The summed E-state index contributed by atoms with van der Waals surface area (Å²) in [6.07, 6.45) is -1.11. The van der Waals surface area contributed by atoms with Crippen LogP contribution >= 0.6 is 0 Å². The molecule has 0 atom stereocenters. The molecular formula is C4H10N4O4S. The van der Waals surface area contributed by atoms with Gasteiger partial charge >= 0.3 is 16.3 Å². The van der Waals surface area contributed by atoms with Gasteiger partial charge in [0.1, 0.15) is 5.84 Å². The lowest BCUT2D eigenvalue weighted by Gasteiger charge is -2.05. The van der Waals surface area contributed by atoms with Crippen molar-refractivity contribution in [2.24, 2.45) is 5.73 Å². The third kappa shape index (κ3) is 5.87. The minimum atomic E-state index is -3.98. The Labute approximate surface area is 75.1 Å². The number of carbonyl (C=O) groups excluding carboxylic acids is 1. The molecular weight excluding hydrogens is 200 g/mol. The second kappa shape index (κ2) is 4.62. The predicted molar refractivity (Wildman–Crippen MR) is 44.4 cm³/mol. The van der Waals surface area contributed by atoms with Gasteiger partial charge in [0.25, 0.3) is 0 Å². The zero-order valence-electron chi connectivity index (χ0n) is 6.83. The molecule has 13 heavy (non-hydrogen) atoms. The number of nitrogens with one attached hydrogen (secondary N) is 3. The van der Waals surface area contributed by atoms with Gasteiger partial charge in [-0.3, -0.25) is 5.41 Å². The number of nitrogens with two attached hydrogens (primary N) is 1. The normalized spacial score (nSPS) is 10.5. The molecule has 9 heteroatoms. The molecule has 0 rings (SSSR count). The van der Waals surface area contributed by atoms with E-state index < -0.39 is 16.3 Å². The van der Waals surface area contributed by atoms with Gasteiger partial charge in [0.15, 0.2) is 0 Å². The van der Waals surface area contributed by atoms with Gasteiger partial charge in [-0.05, 0) is 0 Å². The van der Waals surface area contributed by atoms with Crippen LogP contribution in [0.15, 0.2) is 0 Å². The van der Waals surface area contributed by atoms with Gasteiger partial charge in [-0.1, -0.05) is 0 Å². The highest BCUT2D eigenvalue weighted by atomic mass is 32.2. The first-order valence-electron chi connectivity index (χ1n) is 3.05. The van der Waals surface area contributed by atoms with Crippen LogP contribution in [0.5, 0.6) is 0 Å². The molecule has 0 unspecified atom stereocenters. The van der Waals surface area contributed by atoms with E-state index in [1.165, 1.54) is 4.72 Å². The molecule has 0 aliphatic carbocycles. The summed E-state index contributed by atoms with van der Waals surface area (Å²) in [6.45, 7) is -0.369. The fourth-order valence-electron chi connectivity index (χ4n) is 0.360. The molecule has 0 saturated heterocycles. The van der Waals surface area contributed by atoms with E-state index >= 15 is 0 Å². The predicted octanol–water partition coefficient (Wildman–Crippen LogP) is -1.89. The van der Waals surface area contributed by atoms with E-state index in [4.69, 9.17) is 11.1 Å². The SMILES string of the molecule is COC(=O)NS(=O)(=O)NCC(=N)N. The van der Waals surface area contributed by atoms with Gasteiger partial charge in [-0.25, -0.2) is 9.52 Å². The Morgan fingerprint density at radius 3 is 2.54 bits per heavy atom. The Morgan fingerprint density at radius 2 is 2.15 bits per heavy atom. The molecule has 0 aromatic carbocycles. The van der Waals surface area contributed by atoms with Crippen molar-refractivity contribution in [3.63, 3.8) is 0 Å². The summed E-state index contributed by atoms with van der Waals surface area (Å²) in [6, 6.07) is 0. The second-order valence-corrected chi connectivity index (χ2v) is 3.44. The molecule has 0 aromatic heterocycles. The third-order valence-electron chi connectivity index (χ3n) is 0.856. The molecule has 0 aliphatic heterocycles. The first kappa shape index (κ1) is 11.6. The Kier molecular flexibility index (Phi) is 4.14. The Morgan fingerprint density at radius 1 is 1.62 bits per heavy atom. The van der Waals surface area contributed by atoms with E-state index in [9.17, 15) is 13.2 Å². The Balaban J connectivity index is 4.10. The highest BCUT2D eigenvalue weighted by Crippen LogP contribution is 1.78. The minimum absolute atomic E-state index is 0.366. The van der Waals surface area contributed by atoms with E-state index in [1.807, 2.05) is 4.72 Å². The number of hydrogen-bond donors (Lipinski definition) is 4. The van der Waals surface area contributed by atoms with Crippen LogP contribution in [0.3, 0.4) is 0 Å². The highest BCUT2D eigenvalue weighted by molar-refractivity contribution is 7.88. The maximum absolute atomic E-state index is 10.8. The smallest absolute Gasteiger partial charge is 0.421 e. The van der Waals surface area contributed by atoms with E-state index in [1.54, 1.807) is 0 Å². The summed E-state index contributed by atoms with van der Waals surface area (Å²) in [5, 5.41) is 6.71. The lowest BCUT2D eigenvalue weighted by molar-refractivity contribution is 0.177. The van der Waals surface area contributed by atoms with Crippen molar-refractivity contribution in [1.29, 1.82) is 5.41 Å². The summed E-state index contributed by atoms with van der Waals surface area (Å²) in [4.78, 5) is 10.4. The molecule has 5 N–H and O–H groups in total. The van der Waals surface area contributed by atoms with Gasteiger partial charge in [-0.15, -0.1) is 0 Å². The number of hydrogen-bond acceptors (Lipinski definition) is 5. The molecule has 0 radical (unpaired) electrons. The Bertz CT molecular complexity index is 297. The van der Waals surface area contributed by atoms with Crippen LogP contribution in [-0.2, 0) is 14.9 Å². The van der Waals surface area contributed by atoms with E-state index in [2.05, 4.69) is 4.74 Å². The largest absolute Gasteiger partial charge is 0.452 e. The average molecular weight is 210 g/mol. The molecule has 0 heterocycles. The maximum atomic E-state index is 10.8. The zero-order chi connectivity index (χ0) is 10.5. The summed E-state index contributed by atoms with van der Waals surface area (Å²) in [5.74, 6) is -0.366. The molecule has 76 valence electrons. The molecule has 0 spiro atoms. The molecule has 0 bridgehead atoms. The third-order valence-corrected chi connectivity index (χ3v) is 1.82. The van der Waals surface area contributed by atoms with Crippen LogP contribution in [0.4, 0.5) is 4.79 Å². The number of carbonyl (C=O) groups is 1. The van der Waals surface area contributed by atoms with Gasteiger partial charge in [0.05, 0.1) is 13.7 Å². The minimum Gasteiger partial charge on any atom is -0.452 e. The van der Waals surface area contributed by atoms with Gasteiger partial charge in [-0.2, -0.15) is 13.1 Å². The maximum Gasteiger partial charge on any atom is 0.421 e. The van der Waals surface area contributed by atoms with E-state index in [0.717, 1.165) is 7.11 Å². The highest BCUT2D eigenvalue weighted by Gasteiger charge is 2.13. The summed E-state index contributed by atoms with van der Waals surface area (Å²) in [5.41, 5.74) is 4.88. The van der Waals surface area contributed by atoms with Crippen molar-refractivity contribution < 1.29 is 17.9 Å².